The van der Waals surface area contributed by atoms with Crippen LogP contribution >= 0.6 is 0 Å². The van der Waals surface area contributed by atoms with E-state index < -0.39 is 11.6 Å². The van der Waals surface area contributed by atoms with Crippen LogP contribution in [0.15, 0.2) is 84.9 Å². The molecule has 4 aromatic rings. The molecule has 0 unspecified atom stereocenters. The van der Waals surface area contributed by atoms with E-state index >= 15 is 4.39 Å². The maximum absolute atomic E-state index is 15.0. The molecule has 0 saturated heterocycles. The van der Waals surface area contributed by atoms with Crippen LogP contribution in [-0.4, -0.2) is 19.2 Å². The molecule has 0 atom stereocenters. The zero-order valence-electron chi connectivity index (χ0n) is 29.4. The van der Waals surface area contributed by atoms with E-state index in [1.807, 2.05) is 24.3 Å². The standard InChI is InChI=1S/C44H51F3O3/c1-2-11-32-12-14-33(15-13-32)34-16-20-37(21-17-34)40-28-29-41(43(47)42(40)46)49-30-9-7-5-3-4-6-8-10-31-50-44(48)38-22-18-35(19-23-38)36-24-26-39(45)27-25-36/h16-29,32-33H,2-15,30-31H2,1H3. The summed E-state index contributed by atoms with van der Waals surface area (Å²) in [7, 11) is 0. The summed E-state index contributed by atoms with van der Waals surface area (Å²) in [5.74, 6) is -1.01. The van der Waals surface area contributed by atoms with Crippen molar-refractivity contribution in [3.05, 3.63) is 114 Å². The van der Waals surface area contributed by atoms with Gasteiger partial charge in [-0.3, -0.25) is 0 Å². The van der Waals surface area contributed by atoms with Crippen molar-refractivity contribution in [2.45, 2.75) is 103 Å². The lowest BCUT2D eigenvalue weighted by molar-refractivity contribution is 0.0497. The molecule has 1 aliphatic rings. The average Bonchev–Trinajstić information content (AvgIpc) is 3.14. The van der Waals surface area contributed by atoms with E-state index in [0.717, 1.165) is 68.4 Å². The van der Waals surface area contributed by atoms with Crippen molar-refractivity contribution in [1.29, 1.82) is 0 Å². The number of halogens is 3. The van der Waals surface area contributed by atoms with Gasteiger partial charge in [0.15, 0.2) is 11.6 Å². The number of hydrogen-bond donors (Lipinski definition) is 0. The molecule has 3 nitrogen and oxygen atoms in total. The van der Waals surface area contributed by atoms with E-state index in [9.17, 15) is 13.6 Å². The lowest BCUT2D eigenvalue weighted by atomic mass is 9.77. The normalized spacial score (nSPS) is 15.9. The second-order valence-corrected chi connectivity index (χ2v) is 13.8. The van der Waals surface area contributed by atoms with Crippen LogP contribution in [0.4, 0.5) is 13.2 Å². The van der Waals surface area contributed by atoms with Crippen LogP contribution in [-0.2, 0) is 4.74 Å². The number of rotatable bonds is 18. The predicted molar refractivity (Wildman–Crippen MR) is 196 cm³/mol. The lowest BCUT2D eigenvalue weighted by Crippen LogP contribution is -2.13. The number of carbonyl (C=O) groups is 1. The number of esters is 1. The molecular formula is C44H51F3O3. The third kappa shape index (κ3) is 10.7. The first-order valence-corrected chi connectivity index (χ1v) is 18.7. The van der Waals surface area contributed by atoms with E-state index in [4.69, 9.17) is 9.47 Å². The Bertz CT molecular complexity index is 1610. The first-order chi connectivity index (χ1) is 24.4. The summed E-state index contributed by atoms with van der Waals surface area (Å²) in [6.07, 6.45) is 15.4. The van der Waals surface area contributed by atoms with E-state index in [-0.39, 0.29) is 23.1 Å². The van der Waals surface area contributed by atoms with Gasteiger partial charge in [-0.15, -0.1) is 0 Å². The number of ether oxygens (including phenoxy) is 2. The minimum atomic E-state index is -0.925. The topological polar surface area (TPSA) is 35.5 Å². The van der Waals surface area contributed by atoms with Gasteiger partial charge >= 0.3 is 5.97 Å². The maximum Gasteiger partial charge on any atom is 0.338 e. The molecule has 50 heavy (non-hydrogen) atoms. The van der Waals surface area contributed by atoms with Crippen LogP contribution in [0.1, 0.15) is 119 Å². The van der Waals surface area contributed by atoms with Gasteiger partial charge < -0.3 is 9.47 Å². The fraction of sp³-hybridized carbons (Fsp3) is 0.432. The summed E-state index contributed by atoms with van der Waals surface area (Å²) in [6.45, 7) is 3.00. The van der Waals surface area contributed by atoms with Gasteiger partial charge in [0.2, 0.25) is 5.82 Å². The monoisotopic (exact) mass is 684 g/mol. The molecule has 0 radical (unpaired) electrons. The highest BCUT2D eigenvalue weighted by Gasteiger charge is 2.22. The summed E-state index contributed by atoms with van der Waals surface area (Å²) >= 11 is 0. The van der Waals surface area contributed by atoms with E-state index in [1.165, 1.54) is 56.2 Å². The zero-order valence-corrected chi connectivity index (χ0v) is 29.4. The highest BCUT2D eigenvalue weighted by Crippen LogP contribution is 2.38. The Morgan fingerprint density at radius 3 is 1.80 bits per heavy atom. The van der Waals surface area contributed by atoms with Crippen molar-refractivity contribution in [1.82, 2.24) is 0 Å². The minimum absolute atomic E-state index is 0.0329. The molecule has 0 spiro atoms. The highest BCUT2D eigenvalue weighted by atomic mass is 19.2. The molecule has 0 aliphatic heterocycles. The number of unbranched alkanes of at least 4 members (excludes halogenated alkanes) is 7. The Kier molecular flexibility index (Phi) is 14.4. The predicted octanol–water partition coefficient (Wildman–Crippen LogP) is 12.9. The fourth-order valence-corrected chi connectivity index (χ4v) is 7.13. The van der Waals surface area contributed by atoms with Gasteiger partial charge in [-0.05, 0) is 109 Å². The molecule has 0 aromatic heterocycles. The Morgan fingerprint density at radius 2 is 1.18 bits per heavy atom. The summed E-state index contributed by atoms with van der Waals surface area (Å²) in [6, 6.07) is 24.5. The minimum Gasteiger partial charge on any atom is -0.490 e. The Balaban J connectivity index is 0.909. The molecule has 1 aliphatic carbocycles. The molecule has 266 valence electrons. The Labute approximate surface area is 296 Å². The number of carbonyl (C=O) groups excluding carboxylic acids is 1. The van der Waals surface area contributed by atoms with Crippen molar-refractivity contribution in [2.75, 3.05) is 13.2 Å². The molecule has 1 saturated carbocycles. The van der Waals surface area contributed by atoms with E-state index in [0.29, 0.717) is 30.3 Å². The highest BCUT2D eigenvalue weighted by molar-refractivity contribution is 5.90. The van der Waals surface area contributed by atoms with Crippen LogP contribution in [0.3, 0.4) is 0 Å². The van der Waals surface area contributed by atoms with Crippen molar-refractivity contribution in [3.8, 4) is 28.0 Å². The van der Waals surface area contributed by atoms with Crippen molar-refractivity contribution < 1.29 is 27.4 Å². The summed E-state index contributed by atoms with van der Waals surface area (Å²) in [5.41, 5.74) is 4.55. The van der Waals surface area contributed by atoms with Gasteiger partial charge in [-0.2, -0.15) is 4.39 Å². The van der Waals surface area contributed by atoms with Crippen LogP contribution in [0.2, 0.25) is 0 Å². The first kappa shape index (κ1) is 37.2. The van der Waals surface area contributed by atoms with Crippen molar-refractivity contribution >= 4 is 5.97 Å². The largest absolute Gasteiger partial charge is 0.490 e. The smallest absolute Gasteiger partial charge is 0.338 e. The molecule has 0 bridgehead atoms. The Morgan fingerprint density at radius 1 is 0.620 bits per heavy atom. The van der Waals surface area contributed by atoms with Crippen LogP contribution in [0.5, 0.6) is 5.75 Å². The van der Waals surface area contributed by atoms with Gasteiger partial charge in [0.25, 0.3) is 0 Å². The molecule has 6 heteroatoms. The van der Waals surface area contributed by atoms with Crippen LogP contribution in [0.25, 0.3) is 22.3 Å². The van der Waals surface area contributed by atoms with Gasteiger partial charge in [0, 0.05) is 5.56 Å². The SMILES string of the molecule is CCCC1CCC(c2ccc(-c3ccc(OCCCCCCCCCCOC(=O)c4ccc(-c5ccc(F)cc5)cc4)c(F)c3F)cc2)CC1. The summed E-state index contributed by atoms with van der Waals surface area (Å²) in [4.78, 5) is 12.4. The molecule has 0 amide bonds. The molecule has 0 heterocycles. The molecule has 5 rings (SSSR count). The van der Waals surface area contributed by atoms with E-state index in [2.05, 4.69) is 19.1 Å². The average molecular weight is 685 g/mol. The van der Waals surface area contributed by atoms with Crippen molar-refractivity contribution in [3.63, 3.8) is 0 Å². The third-order valence-corrected chi connectivity index (χ3v) is 10.1. The second kappa shape index (κ2) is 19.4. The quantitative estimate of drug-likeness (QED) is 0.0773. The van der Waals surface area contributed by atoms with Gasteiger partial charge in [0.1, 0.15) is 5.82 Å². The van der Waals surface area contributed by atoms with Gasteiger partial charge in [0.05, 0.1) is 18.8 Å². The van der Waals surface area contributed by atoms with Crippen LogP contribution < -0.4 is 4.74 Å². The van der Waals surface area contributed by atoms with E-state index in [1.54, 1.807) is 36.4 Å². The van der Waals surface area contributed by atoms with Crippen LogP contribution in [0, 0.1) is 23.4 Å². The second-order valence-electron chi connectivity index (χ2n) is 13.8. The molecular weight excluding hydrogens is 633 g/mol. The number of hydrogen-bond acceptors (Lipinski definition) is 3. The third-order valence-electron chi connectivity index (χ3n) is 10.1. The maximum atomic E-state index is 15.0. The van der Waals surface area contributed by atoms with Crippen molar-refractivity contribution in [2.24, 2.45) is 5.92 Å². The molecule has 1 fully saturated rings. The first-order valence-electron chi connectivity index (χ1n) is 18.7. The molecule has 0 N–H and O–H groups in total. The summed E-state index contributed by atoms with van der Waals surface area (Å²) < 4.78 is 54.1. The van der Waals surface area contributed by atoms with Gasteiger partial charge in [-0.25, -0.2) is 13.6 Å². The molecule has 4 aromatic carbocycles. The lowest BCUT2D eigenvalue weighted by Gasteiger charge is -2.28. The summed E-state index contributed by atoms with van der Waals surface area (Å²) in [5, 5.41) is 0. The fourth-order valence-electron chi connectivity index (χ4n) is 7.13. The van der Waals surface area contributed by atoms with Gasteiger partial charge in [-0.1, -0.05) is 107 Å². The Hall–Kier alpha value is -4.06. The zero-order chi connectivity index (χ0) is 35.1. The number of benzene rings is 4.